The molecule has 1 N–H and O–H groups in total. The molecular weight excluding hydrogens is 254 g/mol. The van der Waals surface area contributed by atoms with Gasteiger partial charge >= 0.3 is 0 Å². The van der Waals surface area contributed by atoms with Crippen LogP contribution in [0.3, 0.4) is 0 Å². The Morgan fingerprint density at radius 2 is 2.33 bits per heavy atom. The molecule has 0 saturated carbocycles. The number of hydrogen-bond acceptors (Lipinski definition) is 2. The zero-order valence-electron chi connectivity index (χ0n) is 8.91. The molecule has 2 rings (SSSR count). The Labute approximate surface area is 99.0 Å². The van der Waals surface area contributed by atoms with Crippen molar-refractivity contribution in [2.45, 2.75) is 13.3 Å². The fraction of sp³-hybridized carbons (Fsp3) is 0.500. The second-order valence-corrected chi connectivity index (χ2v) is 5.09. The molecule has 1 atom stereocenters. The number of nitrogens with zero attached hydrogens (tertiary/aromatic N) is 1. The Kier molecular flexibility index (Phi) is 3.32. The first kappa shape index (κ1) is 11.0. The topological polar surface area (TPSA) is 23.5 Å². The van der Waals surface area contributed by atoms with E-state index in [1.165, 1.54) is 11.3 Å². The zero-order chi connectivity index (χ0) is 10.8. The summed E-state index contributed by atoms with van der Waals surface area (Å²) in [6, 6.07) is 6.42. The first-order valence-corrected chi connectivity index (χ1v) is 6.12. The first-order valence-electron chi connectivity index (χ1n) is 5.32. The number of aryl methyl sites for hydroxylation is 1. The van der Waals surface area contributed by atoms with Crippen molar-refractivity contribution < 1.29 is 5.11 Å². The predicted octanol–water partition coefficient (Wildman–Crippen LogP) is 2.58. The van der Waals surface area contributed by atoms with E-state index in [1.54, 1.807) is 0 Å². The molecule has 1 aliphatic heterocycles. The number of halogens is 1. The van der Waals surface area contributed by atoms with Crippen molar-refractivity contribution in [2.24, 2.45) is 5.92 Å². The van der Waals surface area contributed by atoms with Gasteiger partial charge in [-0.25, -0.2) is 0 Å². The monoisotopic (exact) mass is 269 g/mol. The molecule has 0 aromatic heterocycles. The van der Waals surface area contributed by atoms with Gasteiger partial charge in [0.2, 0.25) is 0 Å². The lowest BCUT2D eigenvalue weighted by atomic mass is 10.1. The van der Waals surface area contributed by atoms with E-state index in [-0.39, 0.29) is 0 Å². The van der Waals surface area contributed by atoms with Crippen molar-refractivity contribution in [1.29, 1.82) is 0 Å². The normalized spacial score (nSPS) is 21.0. The Morgan fingerprint density at radius 1 is 1.53 bits per heavy atom. The summed E-state index contributed by atoms with van der Waals surface area (Å²) in [4.78, 5) is 2.34. The molecule has 1 aromatic rings. The van der Waals surface area contributed by atoms with Crippen LogP contribution in [-0.4, -0.2) is 24.8 Å². The van der Waals surface area contributed by atoms with Gasteiger partial charge in [-0.1, -0.05) is 6.07 Å². The van der Waals surface area contributed by atoms with Crippen LogP contribution >= 0.6 is 15.9 Å². The molecule has 1 aromatic carbocycles. The molecular formula is C12H16BrNO. The van der Waals surface area contributed by atoms with Crippen molar-refractivity contribution in [3.8, 4) is 0 Å². The summed E-state index contributed by atoms with van der Waals surface area (Å²) in [7, 11) is 0. The van der Waals surface area contributed by atoms with Gasteiger partial charge in [-0.3, -0.25) is 0 Å². The highest BCUT2D eigenvalue weighted by Gasteiger charge is 2.22. The van der Waals surface area contributed by atoms with Crippen LogP contribution in [0.2, 0.25) is 0 Å². The second kappa shape index (κ2) is 4.54. The maximum absolute atomic E-state index is 9.11. The van der Waals surface area contributed by atoms with Crippen LogP contribution in [0.15, 0.2) is 22.7 Å². The summed E-state index contributed by atoms with van der Waals surface area (Å²) in [6.45, 7) is 4.42. The zero-order valence-corrected chi connectivity index (χ0v) is 10.5. The van der Waals surface area contributed by atoms with Crippen LogP contribution in [0.4, 0.5) is 5.69 Å². The molecule has 1 saturated heterocycles. The minimum Gasteiger partial charge on any atom is -0.396 e. The molecule has 2 nitrogen and oxygen atoms in total. The van der Waals surface area contributed by atoms with Crippen LogP contribution in [0.1, 0.15) is 12.0 Å². The minimum atomic E-state index is 0.306. The lowest BCUT2D eigenvalue weighted by molar-refractivity contribution is 0.238. The van der Waals surface area contributed by atoms with E-state index in [2.05, 4.69) is 46.0 Å². The van der Waals surface area contributed by atoms with E-state index in [1.807, 2.05) is 0 Å². The van der Waals surface area contributed by atoms with Gasteiger partial charge in [-0.15, -0.1) is 0 Å². The average molecular weight is 270 g/mol. The summed E-state index contributed by atoms with van der Waals surface area (Å²) in [5, 5.41) is 9.11. The highest BCUT2D eigenvalue weighted by atomic mass is 79.9. The Balaban J connectivity index is 2.17. The van der Waals surface area contributed by atoms with Crippen LogP contribution in [0.5, 0.6) is 0 Å². The number of aliphatic hydroxyl groups excluding tert-OH is 1. The summed E-state index contributed by atoms with van der Waals surface area (Å²) in [6.07, 6.45) is 1.09. The molecule has 0 radical (unpaired) electrons. The summed E-state index contributed by atoms with van der Waals surface area (Å²) >= 11 is 3.59. The van der Waals surface area contributed by atoms with E-state index in [4.69, 9.17) is 5.11 Å². The molecule has 1 fully saturated rings. The Hall–Kier alpha value is -0.540. The van der Waals surface area contributed by atoms with Crippen molar-refractivity contribution in [3.63, 3.8) is 0 Å². The SMILES string of the molecule is Cc1ccc(N2CCC(CO)C2)c(Br)c1. The van der Waals surface area contributed by atoms with Gasteiger partial charge < -0.3 is 10.0 Å². The van der Waals surface area contributed by atoms with Crippen molar-refractivity contribution in [3.05, 3.63) is 28.2 Å². The van der Waals surface area contributed by atoms with Crippen molar-refractivity contribution in [2.75, 3.05) is 24.6 Å². The maximum atomic E-state index is 9.11. The maximum Gasteiger partial charge on any atom is 0.0510 e. The molecule has 0 amide bonds. The summed E-state index contributed by atoms with van der Waals surface area (Å²) in [5.41, 5.74) is 2.51. The molecule has 1 aliphatic rings. The number of aliphatic hydroxyl groups is 1. The molecule has 82 valence electrons. The summed E-state index contributed by atoms with van der Waals surface area (Å²) in [5.74, 6) is 0.443. The third kappa shape index (κ3) is 2.34. The fourth-order valence-corrected chi connectivity index (χ4v) is 2.81. The van der Waals surface area contributed by atoms with E-state index < -0.39 is 0 Å². The summed E-state index contributed by atoms with van der Waals surface area (Å²) < 4.78 is 1.15. The van der Waals surface area contributed by atoms with E-state index >= 15 is 0 Å². The quantitative estimate of drug-likeness (QED) is 0.892. The second-order valence-electron chi connectivity index (χ2n) is 4.24. The number of anilines is 1. The van der Waals surface area contributed by atoms with Gasteiger partial charge in [0.05, 0.1) is 5.69 Å². The third-order valence-electron chi connectivity index (χ3n) is 2.99. The van der Waals surface area contributed by atoms with Crippen LogP contribution in [-0.2, 0) is 0 Å². The third-order valence-corrected chi connectivity index (χ3v) is 3.62. The van der Waals surface area contributed by atoms with Crippen molar-refractivity contribution in [1.82, 2.24) is 0 Å². The molecule has 0 spiro atoms. The van der Waals surface area contributed by atoms with E-state index in [0.717, 1.165) is 24.0 Å². The first-order chi connectivity index (χ1) is 7.20. The highest BCUT2D eigenvalue weighted by molar-refractivity contribution is 9.10. The Morgan fingerprint density at radius 3 is 2.93 bits per heavy atom. The van der Waals surface area contributed by atoms with Gasteiger partial charge in [-0.05, 0) is 47.0 Å². The molecule has 0 bridgehead atoms. The molecule has 15 heavy (non-hydrogen) atoms. The average Bonchev–Trinajstić information content (AvgIpc) is 2.66. The number of rotatable bonds is 2. The molecule has 1 unspecified atom stereocenters. The van der Waals surface area contributed by atoms with Gasteiger partial charge in [0.1, 0.15) is 0 Å². The highest BCUT2D eigenvalue weighted by Crippen LogP contribution is 2.31. The Bertz CT molecular complexity index is 353. The molecule has 1 heterocycles. The standard InChI is InChI=1S/C12H16BrNO/c1-9-2-3-12(11(13)6-9)14-5-4-10(7-14)8-15/h2-3,6,10,15H,4-5,7-8H2,1H3. The largest absolute Gasteiger partial charge is 0.396 e. The van der Waals surface area contributed by atoms with Gasteiger partial charge in [0.15, 0.2) is 0 Å². The van der Waals surface area contributed by atoms with Gasteiger partial charge in [0, 0.05) is 30.1 Å². The van der Waals surface area contributed by atoms with Crippen LogP contribution in [0.25, 0.3) is 0 Å². The smallest absolute Gasteiger partial charge is 0.0510 e. The van der Waals surface area contributed by atoms with Gasteiger partial charge in [0.25, 0.3) is 0 Å². The molecule has 0 aliphatic carbocycles. The van der Waals surface area contributed by atoms with Crippen LogP contribution < -0.4 is 4.90 Å². The lowest BCUT2D eigenvalue weighted by Gasteiger charge is -2.20. The minimum absolute atomic E-state index is 0.306. The lowest BCUT2D eigenvalue weighted by Crippen LogP contribution is -2.20. The van der Waals surface area contributed by atoms with Crippen molar-refractivity contribution >= 4 is 21.6 Å². The predicted molar refractivity (Wildman–Crippen MR) is 66.3 cm³/mol. The fourth-order valence-electron chi connectivity index (χ4n) is 2.07. The van der Waals surface area contributed by atoms with E-state index in [0.29, 0.717) is 12.5 Å². The van der Waals surface area contributed by atoms with Gasteiger partial charge in [-0.2, -0.15) is 0 Å². The number of hydrogen-bond donors (Lipinski definition) is 1. The van der Waals surface area contributed by atoms with E-state index in [9.17, 15) is 0 Å². The van der Waals surface area contributed by atoms with Crippen LogP contribution in [0, 0.1) is 12.8 Å². The number of benzene rings is 1. The molecule has 3 heteroatoms.